The van der Waals surface area contributed by atoms with Crippen LogP contribution in [0.4, 0.5) is 4.79 Å². The fourth-order valence-electron chi connectivity index (χ4n) is 4.30. The van der Waals surface area contributed by atoms with E-state index < -0.39 is 12.1 Å². The molecule has 2 aliphatic carbocycles. The standard InChI is InChI=1S/C25H28N2O6/c28-23(29)9-11-32-12-10-26-24(30)21-13-16(21)14-27-25(31)33-15-22-19-7-3-1-5-17(19)18-6-2-4-8-20(18)22/h1-8,16,21-22H,9-15H2,(H,26,30)(H,27,31)(H,28,29)/t16-,21-/m0/s1. The molecule has 174 valence electrons. The highest BCUT2D eigenvalue weighted by molar-refractivity contribution is 5.82. The minimum atomic E-state index is -0.913. The fraction of sp³-hybridized carbons (Fsp3) is 0.400. The van der Waals surface area contributed by atoms with Gasteiger partial charge in [-0.25, -0.2) is 4.79 Å². The number of benzene rings is 2. The number of carbonyl (C=O) groups excluding carboxylic acids is 2. The Kier molecular flexibility index (Phi) is 7.24. The van der Waals surface area contributed by atoms with Crippen LogP contribution in [-0.4, -0.2) is 56.0 Å². The largest absolute Gasteiger partial charge is 0.481 e. The average Bonchev–Trinajstić information content (AvgIpc) is 3.53. The van der Waals surface area contributed by atoms with Crippen molar-refractivity contribution in [1.82, 2.24) is 10.6 Å². The summed E-state index contributed by atoms with van der Waals surface area (Å²) in [5, 5.41) is 14.1. The maximum Gasteiger partial charge on any atom is 0.407 e. The number of hydrogen-bond donors (Lipinski definition) is 3. The van der Waals surface area contributed by atoms with Gasteiger partial charge in [0.2, 0.25) is 5.91 Å². The summed E-state index contributed by atoms with van der Waals surface area (Å²) < 4.78 is 10.7. The van der Waals surface area contributed by atoms with E-state index in [1.54, 1.807) is 0 Å². The number of nitrogens with one attached hydrogen (secondary N) is 2. The second-order valence-corrected chi connectivity index (χ2v) is 8.36. The summed E-state index contributed by atoms with van der Waals surface area (Å²) in [5.41, 5.74) is 4.69. The minimum Gasteiger partial charge on any atom is -0.481 e. The highest BCUT2D eigenvalue weighted by Gasteiger charge is 2.42. The van der Waals surface area contributed by atoms with E-state index in [9.17, 15) is 14.4 Å². The van der Waals surface area contributed by atoms with E-state index in [-0.39, 0.29) is 49.9 Å². The van der Waals surface area contributed by atoms with Crippen molar-refractivity contribution in [1.29, 1.82) is 0 Å². The van der Waals surface area contributed by atoms with Crippen LogP contribution >= 0.6 is 0 Å². The lowest BCUT2D eigenvalue weighted by molar-refractivity contribution is -0.138. The van der Waals surface area contributed by atoms with Crippen LogP contribution in [0.3, 0.4) is 0 Å². The molecule has 0 unspecified atom stereocenters. The minimum absolute atomic E-state index is 0.0142. The van der Waals surface area contributed by atoms with Crippen LogP contribution in [0.2, 0.25) is 0 Å². The number of ether oxygens (including phenoxy) is 2. The highest BCUT2D eigenvalue weighted by atomic mass is 16.5. The molecule has 0 aliphatic heterocycles. The topological polar surface area (TPSA) is 114 Å². The second kappa shape index (κ2) is 10.5. The van der Waals surface area contributed by atoms with Crippen molar-refractivity contribution in [2.75, 3.05) is 32.9 Å². The van der Waals surface area contributed by atoms with Crippen molar-refractivity contribution in [2.24, 2.45) is 11.8 Å². The quantitative estimate of drug-likeness (QED) is 0.452. The third-order valence-corrected chi connectivity index (χ3v) is 6.12. The SMILES string of the molecule is O=C(O)CCOCCNC(=O)[C@H]1C[C@H]1CNC(=O)OCC1c2ccccc2-c2ccccc21. The molecule has 1 fully saturated rings. The lowest BCUT2D eigenvalue weighted by Crippen LogP contribution is -2.32. The molecule has 0 saturated heterocycles. The molecule has 8 heteroatoms. The van der Waals surface area contributed by atoms with E-state index >= 15 is 0 Å². The van der Waals surface area contributed by atoms with Gasteiger partial charge in [-0.05, 0) is 34.6 Å². The Morgan fingerprint density at radius 3 is 2.27 bits per heavy atom. The van der Waals surface area contributed by atoms with E-state index in [1.807, 2.05) is 24.3 Å². The molecule has 2 aromatic carbocycles. The van der Waals surface area contributed by atoms with Gasteiger partial charge in [0.05, 0.1) is 19.6 Å². The monoisotopic (exact) mass is 452 g/mol. The van der Waals surface area contributed by atoms with E-state index in [4.69, 9.17) is 14.6 Å². The first-order valence-electron chi connectivity index (χ1n) is 11.2. The van der Waals surface area contributed by atoms with Gasteiger partial charge in [0, 0.05) is 24.9 Å². The number of alkyl carbamates (subject to hydrolysis) is 1. The molecule has 0 bridgehead atoms. The van der Waals surface area contributed by atoms with Gasteiger partial charge in [0.1, 0.15) is 6.61 Å². The molecule has 33 heavy (non-hydrogen) atoms. The van der Waals surface area contributed by atoms with Crippen LogP contribution in [0.25, 0.3) is 11.1 Å². The Labute approximate surface area is 192 Å². The number of rotatable bonds is 11. The number of carboxylic acids is 1. The van der Waals surface area contributed by atoms with E-state index in [0.717, 1.165) is 17.5 Å². The molecule has 3 N–H and O–H groups in total. The second-order valence-electron chi connectivity index (χ2n) is 8.36. The molecule has 2 aliphatic rings. The Morgan fingerprint density at radius 1 is 0.939 bits per heavy atom. The first-order valence-corrected chi connectivity index (χ1v) is 11.2. The lowest BCUT2D eigenvalue weighted by atomic mass is 9.98. The predicted octanol–water partition coefficient (Wildman–Crippen LogP) is 2.77. The zero-order valence-corrected chi connectivity index (χ0v) is 18.3. The Hall–Kier alpha value is -3.39. The van der Waals surface area contributed by atoms with Crippen molar-refractivity contribution in [3.8, 4) is 11.1 Å². The number of fused-ring (bicyclic) bond motifs is 3. The molecule has 0 aromatic heterocycles. The zero-order valence-electron chi connectivity index (χ0n) is 18.3. The molecular weight excluding hydrogens is 424 g/mol. The summed E-state index contributed by atoms with van der Waals surface area (Å²) in [5.74, 6) is -1.00. The summed E-state index contributed by atoms with van der Waals surface area (Å²) in [6, 6.07) is 16.4. The zero-order chi connectivity index (χ0) is 23.2. The van der Waals surface area contributed by atoms with Gasteiger partial charge < -0.3 is 25.2 Å². The Balaban J connectivity index is 1.15. The van der Waals surface area contributed by atoms with Gasteiger partial charge in [-0.1, -0.05) is 48.5 Å². The highest BCUT2D eigenvalue weighted by Crippen LogP contribution is 2.44. The molecule has 0 radical (unpaired) electrons. The molecule has 0 heterocycles. The van der Waals surface area contributed by atoms with Gasteiger partial charge >= 0.3 is 12.1 Å². The number of aliphatic carboxylic acids is 1. The third kappa shape index (κ3) is 5.70. The molecule has 2 atom stereocenters. The summed E-state index contributed by atoms with van der Waals surface area (Å²) in [6.07, 6.45) is 0.185. The molecular formula is C25H28N2O6. The van der Waals surface area contributed by atoms with Crippen LogP contribution in [0.1, 0.15) is 29.9 Å². The van der Waals surface area contributed by atoms with Crippen molar-refractivity contribution in [2.45, 2.75) is 18.8 Å². The normalized spacial score (nSPS) is 18.2. The third-order valence-electron chi connectivity index (χ3n) is 6.12. The number of carbonyl (C=O) groups is 3. The van der Waals surface area contributed by atoms with Gasteiger partial charge in [-0.3, -0.25) is 9.59 Å². The Morgan fingerprint density at radius 2 is 1.61 bits per heavy atom. The maximum absolute atomic E-state index is 12.3. The molecule has 4 rings (SSSR count). The van der Waals surface area contributed by atoms with Gasteiger partial charge in [-0.2, -0.15) is 0 Å². The van der Waals surface area contributed by atoms with Crippen molar-refractivity contribution in [3.63, 3.8) is 0 Å². The molecule has 2 amide bonds. The van der Waals surface area contributed by atoms with Gasteiger partial charge in [0.15, 0.2) is 0 Å². The fourth-order valence-corrected chi connectivity index (χ4v) is 4.30. The van der Waals surface area contributed by atoms with Crippen molar-refractivity contribution in [3.05, 3.63) is 59.7 Å². The lowest BCUT2D eigenvalue weighted by Gasteiger charge is -2.14. The van der Waals surface area contributed by atoms with Crippen LogP contribution < -0.4 is 10.6 Å². The van der Waals surface area contributed by atoms with Crippen molar-refractivity contribution >= 4 is 18.0 Å². The van der Waals surface area contributed by atoms with Crippen LogP contribution in [0.15, 0.2) is 48.5 Å². The molecule has 0 spiro atoms. The maximum atomic E-state index is 12.3. The number of carboxylic acid groups (broad SMARTS) is 1. The molecule has 1 saturated carbocycles. The van der Waals surface area contributed by atoms with E-state index in [2.05, 4.69) is 34.9 Å². The summed E-state index contributed by atoms with van der Waals surface area (Å²) >= 11 is 0. The summed E-state index contributed by atoms with van der Waals surface area (Å²) in [4.78, 5) is 34.8. The van der Waals surface area contributed by atoms with E-state index in [0.29, 0.717) is 13.1 Å². The molecule has 2 aromatic rings. The molecule has 8 nitrogen and oxygen atoms in total. The summed E-state index contributed by atoms with van der Waals surface area (Å²) in [6.45, 7) is 1.39. The van der Waals surface area contributed by atoms with Crippen LogP contribution in [0.5, 0.6) is 0 Å². The number of amides is 2. The first kappa shape index (κ1) is 22.8. The summed E-state index contributed by atoms with van der Waals surface area (Å²) in [7, 11) is 0. The predicted molar refractivity (Wildman–Crippen MR) is 121 cm³/mol. The van der Waals surface area contributed by atoms with Crippen LogP contribution in [-0.2, 0) is 19.1 Å². The first-order chi connectivity index (χ1) is 16.0. The van der Waals surface area contributed by atoms with E-state index in [1.165, 1.54) is 11.1 Å². The number of hydrogen-bond acceptors (Lipinski definition) is 5. The smallest absolute Gasteiger partial charge is 0.407 e. The Bertz CT molecular complexity index is 978. The average molecular weight is 453 g/mol. The van der Waals surface area contributed by atoms with Gasteiger partial charge in [0.25, 0.3) is 0 Å². The van der Waals surface area contributed by atoms with Crippen LogP contribution in [0, 0.1) is 11.8 Å². The van der Waals surface area contributed by atoms with Gasteiger partial charge in [-0.15, -0.1) is 0 Å². The van der Waals surface area contributed by atoms with Crippen molar-refractivity contribution < 1.29 is 29.0 Å².